The van der Waals surface area contributed by atoms with Crippen molar-refractivity contribution in [3.05, 3.63) is 0 Å². The van der Waals surface area contributed by atoms with Gasteiger partial charge in [-0.25, -0.2) is 0 Å². The smallest absolute Gasteiger partial charge is 0.306 e. The molecule has 470 valence electrons. The fourth-order valence-electron chi connectivity index (χ4n) is 11.6. The molecule has 0 spiro atoms. The second-order valence-electron chi connectivity index (χ2n) is 25.2. The molecule has 0 saturated carbocycles. The van der Waals surface area contributed by atoms with Crippen LogP contribution >= 0.6 is 0 Å². The molecule has 0 bridgehead atoms. The van der Waals surface area contributed by atoms with E-state index in [4.69, 9.17) is 14.2 Å². The molecule has 0 aromatic carbocycles. The summed E-state index contributed by atoms with van der Waals surface area (Å²) >= 11 is 0. The van der Waals surface area contributed by atoms with E-state index in [1.54, 1.807) is 0 Å². The third-order valence-corrected chi connectivity index (χ3v) is 17.1. The van der Waals surface area contributed by atoms with Crippen molar-refractivity contribution in [2.75, 3.05) is 13.2 Å². The number of carbonyl (C=O) groups excluding carboxylic acids is 3. The Morgan fingerprint density at radius 2 is 0.342 bits per heavy atom. The Balaban J connectivity index is 4.09. The van der Waals surface area contributed by atoms with Crippen LogP contribution in [0.3, 0.4) is 0 Å². The van der Waals surface area contributed by atoms with Crippen molar-refractivity contribution in [1.82, 2.24) is 0 Å². The predicted molar refractivity (Wildman–Crippen MR) is 344 cm³/mol. The van der Waals surface area contributed by atoms with Gasteiger partial charge in [0.15, 0.2) is 6.10 Å². The fraction of sp³-hybridized carbons (Fsp3) is 0.959. The summed E-state index contributed by atoms with van der Waals surface area (Å²) in [5.41, 5.74) is 0. The first-order chi connectivity index (χ1) is 39.0. The molecule has 79 heavy (non-hydrogen) atoms. The lowest BCUT2D eigenvalue weighted by molar-refractivity contribution is -0.167. The SMILES string of the molecule is CCCCCCCCCCCCCCCCCCCCCCCCCCCCCCCCCC(=O)OCC(COC(=O)CCCCCCCCCCCCCCC)OC(=O)CCCCCCCCCCCCCCCCCCC. The van der Waals surface area contributed by atoms with Crippen LogP contribution in [-0.4, -0.2) is 37.2 Å². The molecular formula is C73H142O6. The lowest BCUT2D eigenvalue weighted by Gasteiger charge is -2.18. The van der Waals surface area contributed by atoms with Gasteiger partial charge in [0, 0.05) is 19.3 Å². The van der Waals surface area contributed by atoms with Crippen LogP contribution in [0.15, 0.2) is 0 Å². The molecule has 6 nitrogen and oxygen atoms in total. The standard InChI is InChI=1S/C73H142O6/c1-4-7-10-13-16-19-22-25-27-29-30-31-32-33-34-35-36-37-38-39-40-41-42-44-45-48-51-54-57-60-63-66-72(75)78-69-70(68-77-71(74)65-62-59-56-53-50-47-24-21-18-15-12-9-6-3)79-73(76)67-64-61-58-55-52-49-46-43-28-26-23-20-17-14-11-8-5-2/h70H,4-69H2,1-3H3. The Kier molecular flexibility index (Phi) is 67.5. The van der Waals surface area contributed by atoms with Crippen molar-refractivity contribution >= 4 is 17.9 Å². The number of hydrogen-bond acceptors (Lipinski definition) is 6. The lowest BCUT2D eigenvalue weighted by atomic mass is 10.0. The topological polar surface area (TPSA) is 78.9 Å². The maximum Gasteiger partial charge on any atom is 0.306 e. The predicted octanol–water partition coefficient (Wildman–Crippen LogP) is 25.0. The summed E-state index contributed by atoms with van der Waals surface area (Å²) in [6.45, 7) is 6.74. The maximum atomic E-state index is 12.9. The van der Waals surface area contributed by atoms with E-state index < -0.39 is 6.10 Å². The number of esters is 3. The first-order valence-electron chi connectivity index (χ1n) is 36.5. The first-order valence-corrected chi connectivity index (χ1v) is 36.5. The van der Waals surface area contributed by atoms with Gasteiger partial charge in [-0.1, -0.05) is 393 Å². The number of unbranched alkanes of at least 4 members (excludes halogenated alkanes) is 58. The summed E-state index contributed by atoms with van der Waals surface area (Å²) in [7, 11) is 0. The Bertz CT molecular complexity index is 1190. The van der Waals surface area contributed by atoms with Crippen molar-refractivity contribution in [2.24, 2.45) is 0 Å². The molecular weight excluding hydrogens is 973 g/mol. The third kappa shape index (κ3) is 67.1. The maximum absolute atomic E-state index is 12.9. The Hall–Kier alpha value is -1.59. The Morgan fingerprint density at radius 1 is 0.203 bits per heavy atom. The van der Waals surface area contributed by atoms with E-state index in [1.165, 1.54) is 334 Å². The summed E-state index contributed by atoms with van der Waals surface area (Å²) in [5, 5.41) is 0. The number of carbonyl (C=O) groups is 3. The highest BCUT2D eigenvalue weighted by molar-refractivity contribution is 5.71. The Labute approximate surface area is 495 Å². The minimum Gasteiger partial charge on any atom is -0.462 e. The monoisotopic (exact) mass is 1120 g/mol. The Morgan fingerprint density at radius 3 is 0.506 bits per heavy atom. The van der Waals surface area contributed by atoms with Crippen molar-refractivity contribution in [1.29, 1.82) is 0 Å². The van der Waals surface area contributed by atoms with Gasteiger partial charge in [0.05, 0.1) is 0 Å². The summed E-state index contributed by atoms with van der Waals surface area (Å²) in [5.74, 6) is -0.821. The quantitative estimate of drug-likeness (QED) is 0.0343. The normalized spacial score (nSPS) is 11.9. The van der Waals surface area contributed by atoms with Gasteiger partial charge in [0.2, 0.25) is 0 Å². The van der Waals surface area contributed by atoms with Gasteiger partial charge in [-0.2, -0.15) is 0 Å². The zero-order valence-electron chi connectivity index (χ0n) is 54.2. The molecule has 0 aliphatic rings. The molecule has 0 aromatic heterocycles. The third-order valence-electron chi connectivity index (χ3n) is 17.1. The van der Waals surface area contributed by atoms with Crippen LogP contribution in [0.5, 0.6) is 0 Å². The minimum absolute atomic E-state index is 0.0603. The van der Waals surface area contributed by atoms with Gasteiger partial charge in [0.1, 0.15) is 13.2 Å². The highest BCUT2D eigenvalue weighted by atomic mass is 16.6. The van der Waals surface area contributed by atoms with Crippen LogP contribution in [0.1, 0.15) is 432 Å². The molecule has 1 atom stereocenters. The van der Waals surface area contributed by atoms with Gasteiger partial charge in [0.25, 0.3) is 0 Å². The molecule has 6 heteroatoms. The average molecular weight is 1120 g/mol. The molecule has 1 unspecified atom stereocenters. The molecule has 0 rings (SSSR count). The summed E-state index contributed by atoms with van der Waals surface area (Å²) in [6.07, 6.45) is 81.5. The molecule has 0 amide bonds. The minimum atomic E-state index is -0.763. The highest BCUT2D eigenvalue weighted by Gasteiger charge is 2.20. The number of hydrogen-bond donors (Lipinski definition) is 0. The van der Waals surface area contributed by atoms with Crippen LogP contribution in [0.4, 0.5) is 0 Å². The van der Waals surface area contributed by atoms with Crippen molar-refractivity contribution < 1.29 is 28.6 Å². The molecule has 0 aliphatic heterocycles. The van der Waals surface area contributed by atoms with Gasteiger partial charge >= 0.3 is 17.9 Å². The van der Waals surface area contributed by atoms with Gasteiger partial charge in [-0.15, -0.1) is 0 Å². The van der Waals surface area contributed by atoms with Crippen molar-refractivity contribution in [3.63, 3.8) is 0 Å². The average Bonchev–Trinajstić information content (AvgIpc) is 3.45. The van der Waals surface area contributed by atoms with E-state index >= 15 is 0 Å². The number of rotatable bonds is 69. The van der Waals surface area contributed by atoms with Crippen LogP contribution < -0.4 is 0 Å². The fourth-order valence-corrected chi connectivity index (χ4v) is 11.6. The van der Waals surface area contributed by atoms with E-state index in [0.717, 1.165) is 57.8 Å². The van der Waals surface area contributed by atoms with Crippen LogP contribution in [0.25, 0.3) is 0 Å². The molecule has 0 saturated heterocycles. The van der Waals surface area contributed by atoms with Crippen molar-refractivity contribution in [2.45, 2.75) is 438 Å². The van der Waals surface area contributed by atoms with E-state index in [9.17, 15) is 14.4 Å². The molecule has 0 aromatic rings. The van der Waals surface area contributed by atoms with Crippen LogP contribution in [0.2, 0.25) is 0 Å². The van der Waals surface area contributed by atoms with Gasteiger partial charge in [-0.05, 0) is 19.3 Å². The van der Waals surface area contributed by atoms with E-state index in [0.29, 0.717) is 19.3 Å². The second-order valence-corrected chi connectivity index (χ2v) is 25.2. The van der Waals surface area contributed by atoms with Crippen LogP contribution in [-0.2, 0) is 28.6 Å². The summed E-state index contributed by atoms with van der Waals surface area (Å²) in [6, 6.07) is 0. The molecule has 0 N–H and O–H groups in total. The van der Waals surface area contributed by atoms with E-state index in [2.05, 4.69) is 20.8 Å². The summed E-state index contributed by atoms with van der Waals surface area (Å²) < 4.78 is 17.0. The van der Waals surface area contributed by atoms with Gasteiger partial charge < -0.3 is 14.2 Å². The zero-order valence-corrected chi connectivity index (χ0v) is 54.2. The molecule has 0 aliphatic carbocycles. The first kappa shape index (κ1) is 77.4. The van der Waals surface area contributed by atoms with Crippen molar-refractivity contribution in [3.8, 4) is 0 Å². The summed E-state index contributed by atoms with van der Waals surface area (Å²) in [4.78, 5) is 38.4. The second kappa shape index (κ2) is 68.9. The van der Waals surface area contributed by atoms with E-state index in [-0.39, 0.29) is 31.1 Å². The molecule has 0 fully saturated rings. The van der Waals surface area contributed by atoms with Gasteiger partial charge in [-0.3, -0.25) is 14.4 Å². The largest absolute Gasteiger partial charge is 0.462 e. The molecule has 0 heterocycles. The van der Waals surface area contributed by atoms with Crippen LogP contribution in [0, 0.1) is 0 Å². The zero-order chi connectivity index (χ0) is 57.1. The van der Waals surface area contributed by atoms with E-state index in [1.807, 2.05) is 0 Å². The molecule has 0 radical (unpaired) electrons. The lowest BCUT2D eigenvalue weighted by Crippen LogP contribution is -2.30. The highest BCUT2D eigenvalue weighted by Crippen LogP contribution is 2.20. The number of ether oxygens (including phenoxy) is 3.